The van der Waals surface area contributed by atoms with Crippen LogP contribution in [0.2, 0.25) is 0 Å². The van der Waals surface area contributed by atoms with Crippen molar-refractivity contribution in [1.82, 2.24) is 0 Å². The molecule has 2 saturated carbocycles. The van der Waals surface area contributed by atoms with E-state index in [1.807, 2.05) is 0 Å². The first-order valence-electron chi connectivity index (χ1n) is 11.9. The zero-order valence-corrected chi connectivity index (χ0v) is 18.3. The van der Waals surface area contributed by atoms with Gasteiger partial charge in [0.05, 0.1) is 5.92 Å². The molecule has 0 spiro atoms. The van der Waals surface area contributed by atoms with Crippen molar-refractivity contribution >= 4 is 5.97 Å². The first-order chi connectivity index (χ1) is 14.5. The van der Waals surface area contributed by atoms with Gasteiger partial charge in [-0.05, 0) is 94.1 Å². The lowest BCUT2D eigenvalue weighted by atomic mass is 9.79. The normalized spacial score (nSPS) is 27.3. The summed E-state index contributed by atoms with van der Waals surface area (Å²) in [4.78, 5) is 12.3. The molecule has 0 amide bonds. The van der Waals surface area contributed by atoms with Crippen LogP contribution in [0.15, 0.2) is 30.4 Å². The second kappa shape index (κ2) is 11.6. The van der Waals surface area contributed by atoms with Gasteiger partial charge in [0.2, 0.25) is 0 Å². The molecule has 2 aliphatic rings. The van der Waals surface area contributed by atoms with Crippen LogP contribution in [-0.2, 0) is 4.79 Å². The van der Waals surface area contributed by atoms with Crippen LogP contribution in [0, 0.1) is 35.3 Å². The van der Waals surface area contributed by atoms with Gasteiger partial charge in [-0.15, -0.1) is 0 Å². The fourth-order valence-electron chi connectivity index (χ4n) is 5.12. The number of esters is 1. The third kappa shape index (κ3) is 6.92. The number of hydrogen-bond donors (Lipinski definition) is 0. The highest BCUT2D eigenvalue weighted by Crippen LogP contribution is 2.34. The van der Waals surface area contributed by atoms with Gasteiger partial charge in [0, 0.05) is 6.07 Å². The third-order valence-corrected chi connectivity index (χ3v) is 7.03. The molecule has 2 nitrogen and oxygen atoms in total. The van der Waals surface area contributed by atoms with Crippen LogP contribution in [0.3, 0.4) is 0 Å². The third-order valence-electron chi connectivity index (χ3n) is 7.03. The van der Waals surface area contributed by atoms with E-state index in [9.17, 15) is 13.6 Å². The standard InChI is InChI=1S/C26H36F2O2/c1-2-5-19-8-10-20(11-9-19)6-3-4-7-21-12-14-22(15-13-21)26(29)30-23-16-17-24(27)25(28)18-23/h3,6,16-22H,2,4-5,7-15H2,1H3. The zero-order valence-electron chi connectivity index (χ0n) is 18.3. The number of halogens is 2. The molecule has 4 heteroatoms. The van der Waals surface area contributed by atoms with Crippen LogP contribution >= 0.6 is 0 Å². The van der Waals surface area contributed by atoms with Gasteiger partial charge in [0.15, 0.2) is 11.6 Å². The molecular weight excluding hydrogens is 382 g/mol. The fraction of sp³-hybridized carbons (Fsp3) is 0.654. The summed E-state index contributed by atoms with van der Waals surface area (Å²) in [5.41, 5.74) is 0. The van der Waals surface area contributed by atoms with Gasteiger partial charge < -0.3 is 4.74 Å². The molecule has 0 saturated heterocycles. The lowest BCUT2D eigenvalue weighted by Crippen LogP contribution is -2.25. The maximum atomic E-state index is 13.3. The molecule has 3 rings (SSSR count). The molecule has 166 valence electrons. The monoisotopic (exact) mass is 418 g/mol. The lowest BCUT2D eigenvalue weighted by molar-refractivity contribution is -0.140. The summed E-state index contributed by atoms with van der Waals surface area (Å²) in [6.45, 7) is 2.29. The van der Waals surface area contributed by atoms with Crippen molar-refractivity contribution in [1.29, 1.82) is 0 Å². The van der Waals surface area contributed by atoms with Gasteiger partial charge in [-0.1, -0.05) is 31.9 Å². The van der Waals surface area contributed by atoms with E-state index < -0.39 is 11.6 Å². The zero-order chi connectivity index (χ0) is 21.3. The van der Waals surface area contributed by atoms with E-state index in [4.69, 9.17) is 4.74 Å². The summed E-state index contributed by atoms with van der Waals surface area (Å²) < 4.78 is 31.5. The average molecular weight is 419 g/mol. The molecule has 2 aliphatic carbocycles. The molecule has 30 heavy (non-hydrogen) atoms. The van der Waals surface area contributed by atoms with Crippen molar-refractivity contribution in [2.75, 3.05) is 0 Å². The van der Waals surface area contributed by atoms with Gasteiger partial charge in [-0.2, -0.15) is 0 Å². The van der Waals surface area contributed by atoms with Gasteiger partial charge in [-0.3, -0.25) is 4.79 Å². The van der Waals surface area contributed by atoms with E-state index in [1.54, 1.807) is 0 Å². The van der Waals surface area contributed by atoms with Gasteiger partial charge in [0.25, 0.3) is 0 Å². The van der Waals surface area contributed by atoms with Crippen LogP contribution in [0.1, 0.15) is 84.0 Å². The lowest BCUT2D eigenvalue weighted by Gasteiger charge is -2.27. The number of hydrogen-bond acceptors (Lipinski definition) is 2. The van der Waals surface area contributed by atoms with Gasteiger partial charge in [0.1, 0.15) is 5.75 Å². The van der Waals surface area contributed by atoms with Crippen LogP contribution in [0.4, 0.5) is 8.78 Å². The summed E-state index contributed by atoms with van der Waals surface area (Å²) in [5.74, 6) is 0.0986. The number of carbonyl (C=O) groups excluding carboxylic acids is 1. The SMILES string of the molecule is CCCC1CCC(C=CCCC2CCC(C(=O)Oc3ccc(F)c(F)c3)CC2)CC1. The van der Waals surface area contributed by atoms with E-state index in [1.165, 1.54) is 51.0 Å². The van der Waals surface area contributed by atoms with Crippen LogP contribution in [-0.4, -0.2) is 5.97 Å². The molecule has 0 aliphatic heterocycles. The Hall–Kier alpha value is -1.71. The first kappa shape index (κ1) is 23.0. The second-order valence-electron chi connectivity index (χ2n) is 9.29. The quantitative estimate of drug-likeness (QED) is 0.246. The molecule has 0 unspecified atom stereocenters. The Morgan fingerprint density at radius 2 is 1.63 bits per heavy atom. The second-order valence-corrected chi connectivity index (χ2v) is 9.29. The number of ether oxygens (including phenoxy) is 1. The Morgan fingerprint density at radius 3 is 2.30 bits per heavy atom. The van der Waals surface area contributed by atoms with Crippen LogP contribution < -0.4 is 4.74 Å². The number of carbonyl (C=O) groups is 1. The minimum Gasteiger partial charge on any atom is -0.426 e. The van der Waals surface area contributed by atoms with E-state index in [-0.39, 0.29) is 17.6 Å². The summed E-state index contributed by atoms with van der Waals surface area (Å²) >= 11 is 0. The molecule has 0 N–H and O–H groups in total. The van der Waals surface area contributed by atoms with Crippen molar-refractivity contribution in [2.24, 2.45) is 23.7 Å². The molecule has 2 fully saturated rings. The maximum absolute atomic E-state index is 13.3. The average Bonchev–Trinajstić information content (AvgIpc) is 2.75. The smallest absolute Gasteiger partial charge is 0.314 e. The number of benzene rings is 1. The molecule has 0 aromatic heterocycles. The fourth-order valence-corrected chi connectivity index (χ4v) is 5.12. The maximum Gasteiger partial charge on any atom is 0.314 e. The summed E-state index contributed by atoms with van der Waals surface area (Å²) in [6.07, 6.45) is 19.1. The van der Waals surface area contributed by atoms with Crippen molar-refractivity contribution in [3.8, 4) is 5.75 Å². The van der Waals surface area contributed by atoms with Crippen molar-refractivity contribution < 1.29 is 18.3 Å². The van der Waals surface area contributed by atoms with E-state index in [2.05, 4.69) is 19.1 Å². The van der Waals surface area contributed by atoms with E-state index in [0.717, 1.165) is 56.1 Å². The van der Waals surface area contributed by atoms with Crippen LogP contribution in [0.5, 0.6) is 5.75 Å². The summed E-state index contributed by atoms with van der Waals surface area (Å²) in [5, 5.41) is 0. The largest absolute Gasteiger partial charge is 0.426 e. The molecule has 1 aromatic rings. The molecule has 0 heterocycles. The predicted octanol–water partition coefficient (Wildman–Crippen LogP) is 7.62. The minimum atomic E-state index is -0.994. The minimum absolute atomic E-state index is 0.0786. The molecule has 0 atom stereocenters. The highest BCUT2D eigenvalue weighted by atomic mass is 19.2. The van der Waals surface area contributed by atoms with Gasteiger partial charge >= 0.3 is 5.97 Å². The first-order valence-corrected chi connectivity index (χ1v) is 11.9. The summed E-state index contributed by atoms with van der Waals surface area (Å²) in [7, 11) is 0. The van der Waals surface area contributed by atoms with Crippen LogP contribution in [0.25, 0.3) is 0 Å². The Morgan fingerprint density at radius 1 is 0.967 bits per heavy atom. The van der Waals surface area contributed by atoms with Crippen molar-refractivity contribution in [2.45, 2.75) is 84.0 Å². The molecule has 0 bridgehead atoms. The predicted molar refractivity (Wildman–Crippen MR) is 116 cm³/mol. The Kier molecular flexibility index (Phi) is 8.89. The molecule has 1 aromatic carbocycles. The Balaban J connectivity index is 1.31. The highest BCUT2D eigenvalue weighted by Gasteiger charge is 2.27. The highest BCUT2D eigenvalue weighted by molar-refractivity contribution is 5.75. The Labute approximate surface area is 180 Å². The number of allylic oxidation sites excluding steroid dienone is 2. The summed E-state index contributed by atoms with van der Waals surface area (Å²) in [6, 6.07) is 3.21. The topological polar surface area (TPSA) is 26.3 Å². The number of rotatable bonds is 8. The van der Waals surface area contributed by atoms with Crippen molar-refractivity contribution in [3.05, 3.63) is 42.0 Å². The van der Waals surface area contributed by atoms with E-state index in [0.29, 0.717) is 5.92 Å². The van der Waals surface area contributed by atoms with E-state index >= 15 is 0 Å². The molecule has 0 radical (unpaired) electrons. The van der Waals surface area contributed by atoms with Crippen molar-refractivity contribution in [3.63, 3.8) is 0 Å². The van der Waals surface area contributed by atoms with Gasteiger partial charge in [-0.25, -0.2) is 8.78 Å². The Bertz CT molecular complexity index is 699. The molecular formula is C26H36F2O2.